The lowest BCUT2D eigenvalue weighted by molar-refractivity contribution is 0.222. The molecule has 6 heteroatoms. The number of rotatable bonds is 5. The molecular weight excluding hydrogens is 232 g/mol. The van der Waals surface area contributed by atoms with Crippen LogP contribution in [0, 0.1) is 13.8 Å². The number of carbonyl (C=O) groups excluding carboxylic acids is 1. The molecule has 0 aliphatic carbocycles. The third kappa shape index (κ3) is 3.22. The largest absolute Gasteiger partial charge is 0.394 e. The Balaban J connectivity index is 2.73. The molecular formula is C12H22N4O2. The van der Waals surface area contributed by atoms with E-state index in [0.29, 0.717) is 6.42 Å². The smallest absolute Gasteiger partial charge is 0.319 e. The van der Waals surface area contributed by atoms with Crippen LogP contribution >= 0.6 is 0 Å². The zero-order valence-corrected chi connectivity index (χ0v) is 11.4. The van der Waals surface area contributed by atoms with Gasteiger partial charge in [-0.15, -0.1) is 0 Å². The Morgan fingerprint density at radius 2 is 2.11 bits per heavy atom. The van der Waals surface area contributed by atoms with Crippen molar-refractivity contribution in [3.63, 3.8) is 0 Å². The summed E-state index contributed by atoms with van der Waals surface area (Å²) in [5.74, 6) is 0. The second-order valence-corrected chi connectivity index (χ2v) is 4.25. The highest BCUT2D eigenvalue weighted by Crippen LogP contribution is 2.18. The number of urea groups is 1. The van der Waals surface area contributed by atoms with E-state index in [2.05, 4.69) is 15.7 Å². The van der Waals surface area contributed by atoms with E-state index in [4.69, 9.17) is 5.11 Å². The normalized spacial score (nSPS) is 12.3. The maximum Gasteiger partial charge on any atom is 0.319 e. The molecule has 0 saturated carbocycles. The van der Waals surface area contributed by atoms with Gasteiger partial charge in [-0.05, 0) is 27.2 Å². The lowest BCUT2D eigenvalue weighted by Gasteiger charge is -2.14. The summed E-state index contributed by atoms with van der Waals surface area (Å²) < 4.78 is 1.84. The molecule has 1 heterocycles. The van der Waals surface area contributed by atoms with E-state index in [-0.39, 0.29) is 18.7 Å². The number of aromatic nitrogens is 2. The van der Waals surface area contributed by atoms with Crippen LogP contribution in [0.2, 0.25) is 0 Å². The van der Waals surface area contributed by atoms with Crippen molar-refractivity contribution in [3.05, 3.63) is 11.4 Å². The van der Waals surface area contributed by atoms with Crippen LogP contribution in [0.1, 0.15) is 31.7 Å². The number of nitrogens with one attached hydrogen (secondary N) is 2. The second kappa shape index (κ2) is 6.39. The molecule has 1 unspecified atom stereocenters. The number of hydrogen-bond acceptors (Lipinski definition) is 3. The fourth-order valence-electron chi connectivity index (χ4n) is 1.80. The third-order valence-corrected chi connectivity index (χ3v) is 2.97. The molecule has 0 spiro atoms. The van der Waals surface area contributed by atoms with Gasteiger partial charge in [0.15, 0.2) is 0 Å². The van der Waals surface area contributed by atoms with Gasteiger partial charge in [0.1, 0.15) is 0 Å². The number of anilines is 1. The van der Waals surface area contributed by atoms with Gasteiger partial charge in [-0.25, -0.2) is 4.79 Å². The first kappa shape index (κ1) is 14.5. The Morgan fingerprint density at radius 1 is 1.44 bits per heavy atom. The molecule has 6 nitrogen and oxygen atoms in total. The molecule has 1 atom stereocenters. The van der Waals surface area contributed by atoms with Gasteiger partial charge in [-0.3, -0.25) is 4.68 Å². The van der Waals surface area contributed by atoms with Gasteiger partial charge >= 0.3 is 6.03 Å². The molecule has 0 radical (unpaired) electrons. The average molecular weight is 254 g/mol. The first-order valence-electron chi connectivity index (χ1n) is 6.25. The van der Waals surface area contributed by atoms with Gasteiger partial charge in [0, 0.05) is 6.54 Å². The van der Waals surface area contributed by atoms with Crippen LogP contribution in [0.5, 0.6) is 0 Å². The predicted octanol–water partition coefficient (Wildman–Crippen LogP) is 1.41. The van der Waals surface area contributed by atoms with Crippen LogP contribution in [0.25, 0.3) is 0 Å². The maximum atomic E-state index is 11.8. The minimum absolute atomic E-state index is 0.0594. The third-order valence-electron chi connectivity index (χ3n) is 2.97. The minimum atomic E-state index is -0.308. The van der Waals surface area contributed by atoms with Gasteiger partial charge in [0.05, 0.1) is 29.7 Å². The van der Waals surface area contributed by atoms with Crippen molar-refractivity contribution < 1.29 is 9.90 Å². The van der Waals surface area contributed by atoms with Crippen LogP contribution in [0.4, 0.5) is 10.5 Å². The number of aliphatic hydroxyl groups is 1. The van der Waals surface area contributed by atoms with E-state index < -0.39 is 0 Å². The molecule has 1 aromatic heterocycles. The number of hydrogen-bond donors (Lipinski definition) is 3. The van der Waals surface area contributed by atoms with E-state index in [9.17, 15) is 4.79 Å². The van der Waals surface area contributed by atoms with Gasteiger partial charge < -0.3 is 15.7 Å². The Kier molecular flexibility index (Phi) is 5.15. The molecule has 18 heavy (non-hydrogen) atoms. The second-order valence-electron chi connectivity index (χ2n) is 4.25. The van der Waals surface area contributed by atoms with Gasteiger partial charge in [0.25, 0.3) is 0 Å². The van der Waals surface area contributed by atoms with Crippen LogP contribution in [-0.4, -0.2) is 33.6 Å². The van der Waals surface area contributed by atoms with E-state index in [1.807, 2.05) is 32.4 Å². The Labute approximate surface area is 107 Å². The fraction of sp³-hybridized carbons (Fsp3) is 0.667. The summed E-state index contributed by atoms with van der Waals surface area (Å²) in [7, 11) is 0. The lowest BCUT2D eigenvalue weighted by Crippen LogP contribution is -2.39. The summed E-state index contributed by atoms with van der Waals surface area (Å²) in [6, 6.07) is -0.524. The SMILES string of the molecule is CCC(CO)NC(=O)Nc1c(C)nn(CC)c1C. The van der Waals surface area contributed by atoms with Crippen molar-refractivity contribution in [3.8, 4) is 0 Å². The average Bonchev–Trinajstić information content (AvgIpc) is 2.63. The molecule has 0 aliphatic heterocycles. The van der Waals surface area contributed by atoms with E-state index in [1.165, 1.54) is 0 Å². The first-order chi connectivity index (χ1) is 8.53. The summed E-state index contributed by atoms with van der Waals surface area (Å²) in [5.41, 5.74) is 2.46. The van der Waals surface area contributed by atoms with Crippen molar-refractivity contribution >= 4 is 11.7 Å². The van der Waals surface area contributed by atoms with Gasteiger partial charge in [0.2, 0.25) is 0 Å². The van der Waals surface area contributed by atoms with Gasteiger partial charge in [-0.1, -0.05) is 6.92 Å². The number of nitrogens with zero attached hydrogens (tertiary/aromatic N) is 2. The van der Waals surface area contributed by atoms with E-state index in [0.717, 1.165) is 23.6 Å². The molecule has 3 N–H and O–H groups in total. The number of amides is 2. The standard InChI is InChI=1S/C12H22N4O2/c1-5-10(7-17)13-12(18)14-11-8(3)15-16(6-2)9(11)4/h10,17H,5-7H2,1-4H3,(H2,13,14,18). The van der Waals surface area contributed by atoms with Crippen molar-refractivity contribution in [1.82, 2.24) is 15.1 Å². The number of aliphatic hydroxyl groups excluding tert-OH is 1. The topological polar surface area (TPSA) is 79.2 Å². The summed E-state index contributed by atoms with van der Waals surface area (Å²) in [6.45, 7) is 8.40. The fourth-order valence-corrected chi connectivity index (χ4v) is 1.80. The zero-order valence-electron chi connectivity index (χ0n) is 11.4. The highest BCUT2D eigenvalue weighted by Gasteiger charge is 2.15. The summed E-state index contributed by atoms with van der Waals surface area (Å²) >= 11 is 0. The van der Waals surface area contributed by atoms with Crippen LogP contribution in [-0.2, 0) is 6.54 Å². The maximum absolute atomic E-state index is 11.8. The molecule has 0 bridgehead atoms. The summed E-state index contributed by atoms with van der Waals surface area (Å²) in [5, 5.41) is 18.9. The molecule has 0 aromatic carbocycles. The first-order valence-corrected chi connectivity index (χ1v) is 6.25. The Hall–Kier alpha value is -1.56. The summed E-state index contributed by atoms with van der Waals surface area (Å²) in [4.78, 5) is 11.8. The minimum Gasteiger partial charge on any atom is -0.394 e. The molecule has 0 fully saturated rings. The van der Waals surface area contributed by atoms with Crippen LogP contribution in [0.3, 0.4) is 0 Å². The monoisotopic (exact) mass is 254 g/mol. The molecule has 102 valence electrons. The Morgan fingerprint density at radius 3 is 2.56 bits per heavy atom. The summed E-state index contributed by atoms with van der Waals surface area (Å²) in [6.07, 6.45) is 0.691. The Bertz CT molecular complexity index is 410. The highest BCUT2D eigenvalue weighted by molar-refractivity contribution is 5.90. The zero-order chi connectivity index (χ0) is 13.7. The molecule has 2 amide bonds. The van der Waals surface area contributed by atoms with Crippen molar-refractivity contribution in [2.24, 2.45) is 0 Å². The highest BCUT2D eigenvalue weighted by atomic mass is 16.3. The van der Waals surface area contributed by atoms with Crippen molar-refractivity contribution in [2.75, 3.05) is 11.9 Å². The van der Waals surface area contributed by atoms with E-state index >= 15 is 0 Å². The van der Waals surface area contributed by atoms with E-state index in [1.54, 1.807) is 0 Å². The van der Waals surface area contributed by atoms with Crippen molar-refractivity contribution in [2.45, 2.75) is 46.7 Å². The van der Waals surface area contributed by atoms with Gasteiger partial charge in [-0.2, -0.15) is 5.10 Å². The van der Waals surface area contributed by atoms with Crippen molar-refractivity contribution in [1.29, 1.82) is 0 Å². The molecule has 1 rings (SSSR count). The van der Waals surface area contributed by atoms with Crippen LogP contribution in [0.15, 0.2) is 0 Å². The van der Waals surface area contributed by atoms with Crippen LogP contribution < -0.4 is 10.6 Å². The number of aryl methyl sites for hydroxylation is 2. The molecule has 0 saturated heterocycles. The predicted molar refractivity (Wildman–Crippen MR) is 70.7 cm³/mol. The molecule has 0 aliphatic rings. The molecule has 1 aromatic rings. The quantitative estimate of drug-likeness (QED) is 0.743. The lowest BCUT2D eigenvalue weighted by atomic mass is 10.2. The number of carbonyl (C=O) groups is 1.